The van der Waals surface area contributed by atoms with Gasteiger partial charge in [-0.25, -0.2) is 13.6 Å². The Bertz CT molecular complexity index is 689. The second-order valence-corrected chi connectivity index (χ2v) is 4.56. The van der Waals surface area contributed by atoms with Gasteiger partial charge in [0.2, 0.25) is 11.8 Å². The number of benzene rings is 1. The molecule has 1 aromatic carbocycles. The molecule has 0 unspecified atom stereocenters. The predicted octanol–water partition coefficient (Wildman–Crippen LogP) is 0.198. The summed E-state index contributed by atoms with van der Waals surface area (Å²) in [6.07, 6.45) is -0.0517. The Labute approximate surface area is 122 Å². The van der Waals surface area contributed by atoms with E-state index in [1.54, 1.807) is 0 Å². The molecule has 9 heteroatoms. The highest BCUT2D eigenvalue weighted by molar-refractivity contribution is 6.08. The molecule has 22 heavy (non-hydrogen) atoms. The normalized spacial score (nSPS) is 17.8. The van der Waals surface area contributed by atoms with Crippen LogP contribution in [0, 0.1) is 11.6 Å². The lowest BCUT2D eigenvalue weighted by atomic mass is 10.0. The van der Waals surface area contributed by atoms with Crippen LogP contribution < -0.4 is 10.6 Å². The van der Waals surface area contributed by atoms with E-state index in [0.29, 0.717) is 12.1 Å². The number of aromatic carboxylic acids is 1. The molecule has 0 aliphatic carbocycles. The number of amides is 3. The van der Waals surface area contributed by atoms with Crippen LogP contribution in [-0.2, 0) is 9.59 Å². The standard InChI is InChI=1S/C13H10F2N2O5/c14-5-1-2-6(15)10(13(21)22)9(5)12(20)16-7-3-4-8(18)17-11(7)19/h1-2,7H,3-4H2,(H,16,20)(H,21,22)(H,17,18,19)/t7-/m0/s1. The molecule has 116 valence electrons. The number of imide groups is 1. The Morgan fingerprint density at radius 2 is 1.77 bits per heavy atom. The summed E-state index contributed by atoms with van der Waals surface area (Å²) in [6.45, 7) is 0. The third kappa shape index (κ3) is 2.92. The van der Waals surface area contributed by atoms with Crippen LogP contribution >= 0.6 is 0 Å². The molecule has 1 aliphatic rings. The van der Waals surface area contributed by atoms with Gasteiger partial charge in [0.25, 0.3) is 5.91 Å². The summed E-state index contributed by atoms with van der Waals surface area (Å²) in [5.41, 5.74) is -2.12. The zero-order valence-electron chi connectivity index (χ0n) is 11.0. The van der Waals surface area contributed by atoms with Crippen LogP contribution in [0.15, 0.2) is 12.1 Å². The summed E-state index contributed by atoms with van der Waals surface area (Å²) in [4.78, 5) is 45.5. The lowest BCUT2D eigenvalue weighted by molar-refractivity contribution is -0.134. The van der Waals surface area contributed by atoms with Crippen LogP contribution in [0.5, 0.6) is 0 Å². The number of nitrogens with one attached hydrogen (secondary N) is 2. The highest BCUT2D eigenvalue weighted by atomic mass is 19.1. The molecule has 0 bridgehead atoms. The minimum absolute atomic E-state index is 0.0181. The molecule has 1 atom stereocenters. The number of rotatable bonds is 3. The Hall–Kier alpha value is -2.84. The minimum Gasteiger partial charge on any atom is -0.478 e. The zero-order valence-corrected chi connectivity index (χ0v) is 11.0. The number of halogens is 2. The summed E-state index contributed by atoms with van der Waals surface area (Å²) in [5, 5.41) is 13.0. The molecule has 1 aliphatic heterocycles. The van der Waals surface area contributed by atoms with E-state index in [1.165, 1.54) is 0 Å². The molecule has 3 N–H and O–H groups in total. The van der Waals surface area contributed by atoms with Crippen molar-refractivity contribution in [3.63, 3.8) is 0 Å². The summed E-state index contributed by atoms with van der Waals surface area (Å²) in [6, 6.07) is 0.0670. The van der Waals surface area contributed by atoms with Crippen molar-refractivity contribution in [1.82, 2.24) is 10.6 Å². The first-order chi connectivity index (χ1) is 10.3. The summed E-state index contributed by atoms with van der Waals surface area (Å²) >= 11 is 0. The van der Waals surface area contributed by atoms with Crippen LogP contribution in [0.4, 0.5) is 8.78 Å². The van der Waals surface area contributed by atoms with Crippen molar-refractivity contribution in [3.05, 3.63) is 34.9 Å². The van der Waals surface area contributed by atoms with E-state index in [4.69, 9.17) is 5.11 Å². The number of hydrogen-bond donors (Lipinski definition) is 3. The topological polar surface area (TPSA) is 113 Å². The predicted molar refractivity (Wildman–Crippen MR) is 67.0 cm³/mol. The molecule has 1 aromatic rings. The third-order valence-electron chi connectivity index (χ3n) is 3.09. The van der Waals surface area contributed by atoms with Crippen molar-refractivity contribution in [1.29, 1.82) is 0 Å². The maximum atomic E-state index is 13.7. The third-order valence-corrected chi connectivity index (χ3v) is 3.09. The van der Waals surface area contributed by atoms with Crippen molar-refractivity contribution in [2.45, 2.75) is 18.9 Å². The van der Waals surface area contributed by atoms with Crippen molar-refractivity contribution >= 4 is 23.7 Å². The highest BCUT2D eigenvalue weighted by Crippen LogP contribution is 2.18. The first-order valence-electron chi connectivity index (χ1n) is 6.17. The second-order valence-electron chi connectivity index (χ2n) is 4.56. The largest absolute Gasteiger partial charge is 0.478 e. The molecule has 0 saturated carbocycles. The minimum atomic E-state index is -1.81. The molecule has 3 amide bonds. The fourth-order valence-electron chi connectivity index (χ4n) is 2.04. The smallest absolute Gasteiger partial charge is 0.339 e. The summed E-state index contributed by atoms with van der Waals surface area (Å²) in [7, 11) is 0. The Morgan fingerprint density at radius 3 is 2.32 bits per heavy atom. The van der Waals surface area contributed by atoms with E-state index in [9.17, 15) is 28.0 Å². The van der Waals surface area contributed by atoms with E-state index in [-0.39, 0.29) is 12.8 Å². The van der Waals surface area contributed by atoms with Gasteiger partial charge >= 0.3 is 5.97 Å². The van der Waals surface area contributed by atoms with E-state index in [2.05, 4.69) is 5.32 Å². The van der Waals surface area contributed by atoms with Crippen LogP contribution in [0.25, 0.3) is 0 Å². The number of carboxylic acid groups (broad SMARTS) is 1. The van der Waals surface area contributed by atoms with Gasteiger partial charge in [-0.3, -0.25) is 19.7 Å². The number of piperidine rings is 1. The molecular weight excluding hydrogens is 302 g/mol. The maximum Gasteiger partial charge on any atom is 0.339 e. The van der Waals surface area contributed by atoms with E-state index in [1.807, 2.05) is 5.32 Å². The average molecular weight is 312 g/mol. The van der Waals surface area contributed by atoms with Crippen molar-refractivity contribution < 1.29 is 33.1 Å². The quantitative estimate of drug-likeness (QED) is 0.690. The lowest BCUT2D eigenvalue weighted by Crippen LogP contribution is -2.52. The Morgan fingerprint density at radius 1 is 1.18 bits per heavy atom. The summed E-state index contributed by atoms with van der Waals surface area (Å²) in [5.74, 6) is -6.88. The van der Waals surface area contributed by atoms with Gasteiger partial charge in [-0.2, -0.15) is 0 Å². The monoisotopic (exact) mass is 312 g/mol. The van der Waals surface area contributed by atoms with E-state index in [0.717, 1.165) is 0 Å². The number of carbonyl (C=O) groups is 4. The molecule has 2 rings (SSSR count). The maximum absolute atomic E-state index is 13.7. The molecule has 7 nitrogen and oxygen atoms in total. The Balaban J connectivity index is 2.30. The van der Waals surface area contributed by atoms with Gasteiger partial charge < -0.3 is 10.4 Å². The lowest BCUT2D eigenvalue weighted by Gasteiger charge is -2.22. The molecule has 1 heterocycles. The SMILES string of the molecule is O=C1CC[C@H](NC(=O)c2c(F)ccc(F)c2C(=O)O)C(=O)N1. The first-order valence-corrected chi connectivity index (χ1v) is 6.17. The van der Waals surface area contributed by atoms with Crippen LogP contribution in [-0.4, -0.2) is 34.8 Å². The summed E-state index contributed by atoms with van der Waals surface area (Å²) < 4.78 is 27.2. The van der Waals surface area contributed by atoms with Crippen molar-refractivity contribution in [2.24, 2.45) is 0 Å². The molecule has 1 saturated heterocycles. The van der Waals surface area contributed by atoms with E-state index >= 15 is 0 Å². The van der Waals surface area contributed by atoms with Gasteiger partial charge in [0, 0.05) is 6.42 Å². The number of carboxylic acids is 1. The number of carbonyl (C=O) groups excluding carboxylic acids is 3. The van der Waals surface area contributed by atoms with E-state index < -0.39 is 52.5 Å². The molecule has 1 fully saturated rings. The second kappa shape index (κ2) is 5.88. The van der Waals surface area contributed by atoms with Gasteiger partial charge in [0.05, 0.1) is 5.56 Å². The molecular formula is C13H10F2N2O5. The molecule has 0 spiro atoms. The van der Waals surface area contributed by atoms with Gasteiger partial charge in [-0.05, 0) is 18.6 Å². The van der Waals surface area contributed by atoms with Gasteiger partial charge in [0.15, 0.2) is 0 Å². The number of hydrogen-bond acceptors (Lipinski definition) is 4. The fraction of sp³-hybridized carbons (Fsp3) is 0.231. The van der Waals surface area contributed by atoms with Gasteiger partial charge in [0.1, 0.15) is 23.2 Å². The van der Waals surface area contributed by atoms with Gasteiger partial charge in [-0.1, -0.05) is 0 Å². The van der Waals surface area contributed by atoms with Crippen LogP contribution in [0.3, 0.4) is 0 Å². The van der Waals surface area contributed by atoms with Crippen molar-refractivity contribution in [2.75, 3.05) is 0 Å². The fourth-order valence-corrected chi connectivity index (χ4v) is 2.04. The van der Waals surface area contributed by atoms with Crippen LogP contribution in [0.1, 0.15) is 33.6 Å². The first kappa shape index (κ1) is 15.5. The molecule has 0 radical (unpaired) electrons. The van der Waals surface area contributed by atoms with Gasteiger partial charge in [-0.15, -0.1) is 0 Å². The Kier molecular flexibility index (Phi) is 4.15. The van der Waals surface area contributed by atoms with Crippen molar-refractivity contribution in [3.8, 4) is 0 Å². The zero-order chi connectivity index (χ0) is 16.4. The highest BCUT2D eigenvalue weighted by Gasteiger charge is 2.31. The molecule has 0 aromatic heterocycles. The average Bonchev–Trinajstić information content (AvgIpc) is 2.43. The van der Waals surface area contributed by atoms with Crippen LogP contribution in [0.2, 0.25) is 0 Å².